The lowest BCUT2D eigenvalue weighted by Crippen LogP contribution is -2.60. The monoisotopic (exact) mass is 920 g/mol. The molecule has 1 fully saturated rings. The van der Waals surface area contributed by atoms with E-state index in [1.165, 1.54) is 193 Å². The van der Waals surface area contributed by atoms with E-state index in [1.807, 2.05) is 6.08 Å². The fourth-order valence-corrected chi connectivity index (χ4v) is 8.78. The zero-order chi connectivity index (χ0) is 47.3. The van der Waals surface area contributed by atoms with E-state index in [4.69, 9.17) is 9.47 Å². The van der Waals surface area contributed by atoms with Gasteiger partial charge in [-0.1, -0.05) is 243 Å². The highest BCUT2D eigenvalue weighted by Gasteiger charge is 2.44. The third-order valence-corrected chi connectivity index (χ3v) is 13.2. The van der Waals surface area contributed by atoms with Crippen molar-refractivity contribution in [2.24, 2.45) is 0 Å². The molecule has 0 aromatic carbocycles. The molecule has 9 heteroatoms. The first-order chi connectivity index (χ1) is 31.8. The van der Waals surface area contributed by atoms with Gasteiger partial charge in [-0.15, -0.1) is 0 Å². The lowest BCUT2D eigenvalue weighted by Gasteiger charge is -2.40. The van der Waals surface area contributed by atoms with Crippen molar-refractivity contribution in [1.29, 1.82) is 0 Å². The second-order valence-corrected chi connectivity index (χ2v) is 19.4. The molecule has 65 heavy (non-hydrogen) atoms. The quantitative estimate of drug-likeness (QED) is 0.0261. The lowest BCUT2D eigenvalue weighted by atomic mass is 9.99. The van der Waals surface area contributed by atoms with E-state index in [0.29, 0.717) is 6.42 Å². The van der Waals surface area contributed by atoms with E-state index in [0.717, 1.165) is 44.9 Å². The minimum atomic E-state index is -1.57. The predicted octanol–water partition coefficient (Wildman–Crippen LogP) is 13.2. The van der Waals surface area contributed by atoms with Crippen molar-refractivity contribution in [3.8, 4) is 0 Å². The van der Waals surface area contributed by atoms with Gasteiger partial charge >= 0.3 is 0 Å². The average molecular weight is 920 g/mol. The highest BCUT2D eigenvalue weighted by molar-refractivity contribution is 5.76. The molecule has 0 aromatic heterocycles. The Balaban J connectivity index is 2.29. The van der Waals surface area contributed by atoms with E-state index in [2.05, 4.69) is 43.5 Å². The lowest BCUT2D eigenvalue weighted by molar-refractivity contribution is -0.302. The van der Waals surface area contributed by atoms with Gasteiger partial charge in [0.1, 0.15) is 24.4 Å². The molecule has 1 heterocycles. The number of nitrogens with one attached hydrogen (secondary N) is 1. The minimum absolute atomic E-state index is 0.187. The van der Waals surface area contributed by atoms with Gasteiger partial charge in [0.2, 0.25) is 5.91 Å². The first-order valence-electron chi connectivity index (χ1n) is 27.7. The summed E-state index contributed by atoms with van der Waals surface area (Å²) in [4.78, 5) is 13.0. The molecule has 1 saturated heterocycles. The smallest absolute Gasteiger partial charge is 0.220 e. The minimum Gasteiger partial charge on any atom is -0.394 e. The van der Waals surface area contributed by atoms with E-state index >= 15 is 0 Å². The van der Waals surface area contributed by atoms with Crippen LogP contribution in [0.5, 0.6) is 0 Å². The van der Waals surface area contributed by atoms with Crippen LogP contribution in [0.15, 0.2) is 36.5 Å². The number of carbonyl (C=O) groups excluding carboxylic acids is 1. The van der Waals surface area contributed by atoms with Crippen molar-refractivity contribution in [3.63, 3.8) is 0 Å². The van der Waals surface area contributed by atoms with Crippen LogP contribution in [-0.2, 0) is 14.3 Å². The number of hydrogen-bond acceptors (Lipinski definition) is 8. The standard InChI is InChI=1S/C56H105NO8/c1-3-5-7-9-11-13-15-17-19-21-23-24-25-26-28-29-31-33-35-37-39-41-43-45-50(59)49(48-64-56-55(63)54(62)53(61)51(47-58)65-56)57-52(60)46-44-42-40-38-36-34-32-30-27-22-20-18-16-14-12-10-8-6-4-2/h28-29,35,37,43,45,49-51,53-56,58-59,61-63H,3-27,30-34,36,38-42,44,46-48H2,1-2H3,(H,57,60)/b29-28+,37-35+,45-43+. The highest BCUT2D eigenvalue weighted by Crippen LogP contribution is 2.23. The van der Waals surface area contributed by atoms with Crippen LogP contribution in [0, 0.1) is 0 Å². The van der Waals surface area contributed by atoms with E-state index in [9.17, 15) is 30.3 Å². The molecule has 0 bridgehead atoms. The van der Waals surface area contributed by atoms with Gasteiger partial charge in [-0.2, -0.15) is 0 Å². The van der Waals surface area contributed by atoms with Crippen LogP contribution in [0.1, 0.15) is 258 Å². The fourth-order valence-electron chi connectivity index (χ4n) is 8.78. The number of unbranched alkanes of at least 4 members (excludes halogenated alkanes) is 33. The third-order valence-electron chi connectivity index (χ3n) is 13.2. The van der Waals surface area contributed by atoms with Crippen molar-refractivity contribution >= 4 is 5.91 Å². The van der Waals surface area contributed by atoms with Crippen LogP contribution in [0.25, 0.3) is 0 Å². The summed E-state index contributed by atoms with van der Waals surface area (Å²) in [5, 5.41) is 54.4. The van der Waals surface area contributed by atoms with Crippen LogP contribution in [-0.4, -0.2) is 87.5 Å². The first-order valence-corrected chi connectivity index (χ1v) is 27.7. The molecule has 1 aliphatic rings. The Morgan fingerprint density at radius 2 is 0.877 bits per heavy atom. The largest absolute Gasteiger partial charge is 0.394 e. The van der Waals surface area contributed by atoms with Crippen molar-refractivity contribution in [1.82, 2.24) is 5.32 Å². The van der Waals surface area contributed by atoms with Gasteiger partial charge < -0.3 is 40.3 Å². The molecular weight excluding hydrogens is 815 g/mol. The Kier molecular flexibility index (Phi) is 43.6. The number of carbonyl (C=O) groups is 1. The van der Waals surface area contributed by atoms with Crippen molar-refractivity contribution in [2.45, 2.75) is 301 Å². The third kappa shape index (κ3) is 36.1. The summed E-state index contributed by atoms with van der Waals surface area (Å²) in [6, 6.07) is -0.825. The molecular formula is C56H105NO8. The molecule has 7 unspecified atom stereocenters. The summed E-state index contributed by atoms with van der Waals surface area (Å²) >= 11 is 0. The number of ether oxygens (including phenoxy) is 2. The first kappa shape index (κ1) is 61.4. The predicted molar refractivity (Wildman–Crippen MR) is 272 cm³/mol. The van der Waals surface area contributed by atoms with Crippen LogP contribution in [0.4, 0.5) is 0 Å². The van der Waals surface area contributed by atoms with Crippen LogP contribution in [0.2, 0.25) is 0 Å². The zero-order valence-electron chi connectivity index (χ0n) is 42.3. The molecule has 382 valence electrons. The van der Waals surface area contributed by atoms with Gasteiger partial charge in [0.25, 0.3) is 0 Å². The summed E-state index contributed by atoms with van der Waals surface area (Å²) in [6.45, 7) is 3.78. The van der Waals surface area contributed by atoms with Gasteiger partial charge in [0.15, 0.2) is 6.29 Å². The maximum atomic E-state index is 13.0. The Morgan fingerprint density at radius 3 is 1.29 bits per heavy atom. The normalized spacial score (nSPS) is 20.1. The van der Waals surface area contributed by atoms with Crippen LogP contribution >= 0.6 is 0 Å². The molecule has 0 saturated carbocycles. The summed E-state index contributed by atoms with van der Waals surface area (Å²) in [7, 11) is 0. The molecule has 1 aliphatic heterocycles. The molecule has 0 spiro atoms. The van der Waals surface area contributed by atoms with Gasteiger partial charge in [-0.05, 0) is 44.9 Å². The summed E-state index contributed by atoms with van der Waals surface area (Å²) in [5.41, 5.74) is 0. The number of aliphatic hydroxyl groups excluding tert-OH is 5. The van der Waals surface area contributed by atoms with Crippen molar-refractivity contribution in [2.75, 3.05) is 13.2 Å². The number of rotatable bonds is 47. The molecule has 0 aromatic rings. The second-order valence-electron chi connectivity index (χ2n) is 19.4. The SMILES string of the molecule is CCCCCCCCCCCCCCC/C=C/CC/C=C/CC/C=C/C(O)C(COC1OC(CO)C(O)C(O)C1O)NC(=O)CCCCCCCCCCCCCCCCCCCCC. The van der Waals surface area contributed by atoms with Gasteiger partial charge in [-0.3, -0.25) is 4.79 Å². The maximum absolute atomic E-state index is 13.0. The summed E-state index contributed by atoms with van der Waals surface area (Å²) in [6.07, 6.45) is 52.0. The average Bonchev–Trinajstić information content (AvgIpc) is 3.31. The van der Waals surface area contributed by atoms with Gasteiger partial charge in [0.05, 0.1) is 25.4 Å². The maximum Gasteiger partial charge on any atom is 0.220 e. The molecule has 9 nitrogen and oxygen atoms in total. The van der Waals surface area contributed by atoms with Crippen molar-refractivity contribution in [3.05, 3.63) is 36.5 Å². The topological polar surface area (TPSA) is 149 Å². The van der Waals surface area contributed by atoms with E-state index in [1.54, 1.807) is 6.08 Å². The van der Waals surface area contributed by atoms with Crippen molar-refractivity contribution < 1.29 is 39.8 Å². The highest BCUT2D eigenvalue weighted by atomic mass is 16.7. The molecule has 0 aliphatic carbocycles. The zero-order valence-corrected chi connectivity index (χ0v) is 42.3. The molecule has 6 N–H and O–H groups in total. The van der Waals surface area contributed by atoms with Crippen LogP contribution < -0.4 is 5.32 Å². The Bertz CT molecular complexity index is 1110. The molecule has 1 amide bonds. The van der Waals surface area contributed by atoms with Gasteiger partial charge in [0, 0.05) is 6.42 Å². The molecule has 7 atom stereocenters. The van der Waals surface area contributed by atoms with E-state index in [-0.39, 0.29) is 12.5 Å². The molecule has 1 rings (SSSR count). The molecule has 0 radical (unpaired) electrons. The van der Waals surface area contributed by atoms with E-state index < -0.39 is 49.5 Å². The number of hydrogen-bond donors (Lipinski definition) is 6. The Morgan fingerprint density at radius 1 is 0.508 bits per heavy atom. The Labute approximate surface area is 400 Å². The summed E-state index contributed by atoms with van der Waals surface area (Å²) < 4.78 is 11.2. The number of aliphatic hydroxyl groups is 5. The Hall–Kier alpha value is -1.59. The number of amides is 1. The summed E-state index contributed by atoms with van der Waals surface area (Å²) in [5.74, 6) is -0.187. The fraction of sp³-hybridized carbons (Fsp3) is 0.875. The number of allylic oxidation sites excluding steroid dienone is 5. The second kappa shape index (κ2) is 46.2. The van der Waals surface area contributed by atoms with Crippen LogP contribution in [0.3, 0.4) is 0 Å². The van der Waals surface area contributed by atoms with Gasteiger partial charge in [-0.25, -0.2) is 0 Å².